The van der Waals surface area contributed by atoms with E-state index in [0.717, 1.165) is 0 Å². The summed E-state index contributed by atoms with van der Waals surface area (Å²) in [6.45, 7) is 0. The van der Waals surface area contributed by atoms with E-state index in [0.29, 0.717) is 16.8 Å². The molecule has 4 heteroatoms. The Bertz CT molecular complexity index is 488. The average Bonchev–Trinajstić information content (AvgIpc) is 2.39. The zero-order chi connectivity index (χ0) is 12.3. The first kappa shape index (κ1) is 11.6. The quantitative estimate of drug-likeness (QED) is 0.745. The lowest BCUT2D eigenvalue weighted by Gasteiger charge is -2.19. The van der Waals surface area contributed by atoms with Crippen LogP contribution in [-0.4, -0.2) is 15.2 Å². The lowest BCUT2D eigenvalue weighted by atomic mass is 9.99. The van der Waals surface area contributed by atoms with Crippen molar-refractivity contribution >= 4 is 5.69 Å². The Balaban J connectivity index is 2.27. The molecule has 0 fully saturated rings. The van der Waals surface area contributed by atoms with Gasteiger partial charge in [-0.2, -0.15) is 0 Å². The Morgan fingerprint density at radius 2 is 1.71 bits per heavy atom. The fourth-order valence-electron chi connectivity index (χ4n) is 1.67. The van der Waals surface area contributed by atoms with Crippen LogP contribution in [0.3, 0.4) is 0 Å². The second-order valence-electron chi connectivity index (χ2n) is 3.80. The molecule has 0 radical (unpaired) electrons. The molecule has 0 saturated carbocycles. The van der Waals surface area contributed by atoms with E-state index >= 15 is 0 Å². The summed E-state index contributed by atoms with van der Waals surface area (Å²) in [5.74, 6) is 0. The van der Waals surface area contributed by atoms with Crippen molar-refractivity contribution in [1.29, 1.82) is 0 Å². The molecular weight excluding hydrogens is 216 g/mol. The van der Waals surface area contributed by atoms with Gasteiger partial charge in [-0.25, -0.2) is 0 Å². The van der Waals surface area contributed by atoms with Crippen LogP contribution >= 0.6 is 0 Å². The molecule has 1 aromatic carbocycles. The number of rotatable bonds is 3. The number of anilines is 1. The molecule has 0 amide bonds. The fraction of sp³-hybridized carbons (Fsp3) is 0.154. The molecule has 0 aliphatic rings. The maximum atomic E-state index is 10.1. The third kappa shape index (κ3) is 2.43. The third-order valence-corrected chi connectivity index (χ3v) is 2.65. The number of pyridine rings is 1. The molecule has 2 atom stereocenters. The van der Waals surface area contributed by atoms with Gasteiger partial charge in [0.15, 0.2) is 0 Å². The number of nitrogen functional groups attached to an aromatic ring is 1. The van der Waals surface area contributed by atoms with E-state index in [1.807, 2.05) is 6.07 Å². The summed E-state index contributed by atoms with van der Waals surface area (Å²) in [5.41, 5.74) is 7.22. The van der Waals surface area contributed by atoms with E-state index in [9.17, 15) is 10.2 Å². The van der Waals surface area contributed by atoms with Gasteiger partial charge in [0.05, 0.1) is 0 Å². The van der Waals surface area contributed by atoms with Crippen LogP contribution in [0.5, 0.6) is 0 Å². The van der Waals surface area contributed by atoms with Gasteiger partial charge in [-0.05, 0) is 11.6 Å². The van der Waals surface area contributed by atoms with E-state index < -0.39 is 12.2 Å². The number of aromatic nitrogens is 1. The number of nitrogens with zero attached hydrogens (tertiary/aromatic N) is 1. The topological polar surface area (TPSA) is 79.4 Å². The number of hydrogen-bond donors (Lipinski definition) is 3. The molecule has 0 spiro atoms. The monoisotopic (exact) mass is 230 g/mol. The Morgan fingerprint density at radius 3 is 2.35 bits per heavy atom. The van der Waals surface area contributed by atoms with Crippen molar-refractivity contribution in [3.63, 3.8) is 0 Å². The van der Waals surface area contributed by atoms with Crippen molar-refractivity contribution < 1.29 is 10.2 Å². The normalized spacial score (nSPS) is 14.2. The molecule has 2 aromatic rings. The number of hydrogen-bond acceptors (Lipinski definition) is 4. The van der Waals surface area contributed by atoms with Gasteiger partial charge >= 0.3 is 0 Å². The lowest BCUT2D eigenvalue weighted by Crippen LogP contribution is -2.12. The van der Waals surface area contributed by atoms with Gasteiger partial charge in [0, 0.05) is 23.6 Å². The van der Waals surface area contributed by atoms with Crippen molar-refractivity contribution in [2.75, 3.05) is 5.73 Å². The summed E-state index contributed by atoms with van der Waals surface area (Å²) in [6, 6.07) is 10.5. The molecular formula is C13H14N2O2. The summed E-state index contributed by atoms with van der Waals surface area (Å²) >= 11 is 0. The third-order valence-electron chi connectivity index (χ3n) is 2.65. The second-order valence-corrected chi connectivity index (χ2v) is 3.80. The fourth-order valence-corrected chi connectivity index (χ4v) is 1.67. The van der Waals surface area contributed by atoms with Crippen molar-refractivity contribution in [3.05, 3.63) is 59.9 Å². The summed E-state index contributed by atoms with van der Waals surface area (Å²) in [6.07, 6.45) is 0.917. The first-order valence-electron chi connectivity index (χ1n) is 5.30. The maximum absolute atomic E-state index is 10.1. The van der Waals surface area contributed by atoms with Crippen molar-refractivity contribution in [2.24, 2.45) is 0 Å². The summed E-state index contributed by atoms with van der Waals surface area (Å²) in [5, 5.41) is 20.1. The van der Waals surface area contributed by atoms with Crippen LogP contribution in [0.25, 0.3) is 0 Å². The van der Waals surface area contributed by atoms with Crippen LogP contribution in [0.1, 0.15) is 23.3 Å². The summed E-state index contributed by atoms with van der Waals surface area (Å²) < 4.78 is 0. The lowest BCUT2D eigenvalue weighted by molar-refractivity contribution is 0.0175. The highest BCUT2D eigenvalue weighted by Gasteiger charge is 2.21. The zero-order valence-corrected chi connectivity index (χ0v) is 9.19. The first-order valence-corrected chi connectivity index (χ1v) is 5.30. The molecule has 1 aromatic heterocycles. The van der Waals surface area contributed by atoms with E-state index in [-0.39, 0.29) is 0 Å². The highest BCUT2D eigenvalue weighted by molar-refractivity contribution is 5.46. The maximum Gasteiger partial charge on any atom is 0.113 e. The SMILES string of the molecule is Nc1ccncc1C(O)C(O)c1ccccc1. The minimum Gasteiger partial charge on any atom is -0.398 e. The average molecular weight is 230 g/mol. The Kier molecular flexibility index (Phi) is 3.37. The standard InChI is InChI=1S/C13H14N2O2/c14-11-6-7-15-8-10(11)13(17)12(16)9-4-2-1-3-5-9/h1-8,12-13,16-17H,(H2,14,15). The molecule has 0 aliphatic carbocycles. The highest BCUT2D eigenvalue weighted by atomic mass is 16.3. The predicted octanol–water partition coefficient (Wildman–Crippen LogP) is 1.43. The molecule has 2 rings (SSSR count). The second kappa shape index (κ2) is 4.95. The van der Waals surface area contributed by atoms with Gasteiger partial charge in [-0.3, -0.25) is 4.98 Å². The number of benzene rings is 1. The van der Waals surface area contributed by atoms with Crippen LogP contribution in [0.2, 0.25) is 0 Å². The van der Waals surface area contributed by atoms with Crippen LogP contribution in [0.4, 0.5) is 5.69 Å². The van der Waals surface area contributed by atoms with E-state index in [1.165, 1.54) is 6.20 Å². The first-order chi connectivity index (χ1) is 8.20. The number of nitrogens with two attached hydrogens (primary N) is 1. The van der Waals surface area contributed by atoms with E-state index in [1.54, 1.807) is 36.5 Å². The minimum atomic E-state index is -1.08. The van der Waals surface area contributed by atoms with Crippen LogP contribution in [0, 0.1) is 0 Å². The van der Waals surface area contributed by atoms with Crippen molar-refractivity contribution in [1.82, 2.24) is 4.98 Å². The zero-order valence-electron chi connectivity index (χ0n) is 9.19. The van der Waals surface area contributed by atoms with Gasteiger partial charge in [-0.15, -0.1) is 0 Å². The van der Waals surface area contributed by atoms with Crippen molar-refractivity contribution in [3.8, 4) is 0 Å². The summed E-state index contributed by atoms with van der Waals surface area (Å²) in [7, 11) is 0. The Labute approximate surface area is 99.4 Å². The minimum absolute atomic E-state index is 0.419. The van der Waals surface area contributed by atoms with Gasteiger partial charge < -0.3 is 15.9 Å². The van der Waals surface area contributed by atoms with Crippen LogP contribution < -0.4 is 5.73 Å². The van der Waals surface area contributed by atoms with Gasteiger partial charge in [0.2, 0.25) is 0 Å². The number of aliphatic hydroxyl groups is 2. The predicted molar refractivity (Wildman–Crippen MR) is 65.0 cm³/mol. The van der Waals surface area contributed by atoms with E-state index in [2.05, 4.69) is 4.98 Å². The molecule has 88 valence electrons. The molecule has 4 nitrogen and oxygen atoms in total. The van der Waals surface area contributed by atoms with Crippen LogP contribution in [-0.2, 0) is 0 Å². The Morgan fingerprint density at radius 1 is 1.00 bits per heavy atom. The molecule has 17 heavy (non-hydrogen) atoms. The molecule has 0 aliphatic heterocycles. The van der Waals surface area contributed by atoms with Gasteiger partial charge in [0.1, 0.15) is 12.2 Å². The molecule has 4 N–H and O–H groups in total. The largest absolute Gasteiger partial charge is 0.398 e. The van der Waals surface area contributed by atoms with E-state index in [4.69, 9.17) is 5.73 Å². The molecule has 0 bridgehead atoms. The molecule has 0 saturated heterocycles. The molecule has 2 unspecified atom stereocenters. The smallest absolute Gasteiger partial charge is 0.113 e. The van der Waals surface area contributed by atoms with Crippen LogP contribution in [0.15, 0.2) is 48.8 Å². The molecule has 1 heterocycles. The Hall–Kier alpha value is -1.91. The number of aliphatic hydroxyl groups excluding tert-OH is 2. The van der Waals surface area contributed by atoms with Gasteiger partial charge in [0.25, 0.3) is 0 Å². The highest BCUT2D eigenvalue weighted by Crippen LogP contribution is 2.30. The van der Waals surface area contributed by atoms with Gasteiger partial charge in [-0.1, -0.05) is 30.3 Å². The summed E-state index contributed by atoms with van der Waals surface area (Å²) in [4.78, 5) is 3.89. The van der Waals surface area contributed by atoms with Crippen molar-refractivity contribution in [2.45, 2.75) is 12.2 Å².